The molecule has 0 radical (unpaired) electrons. The molecule has 2 aromatic rings. The van der Waals surface area contributed by atoms with Crippen LogP contribution in [0.4, 0.5) is 5.69 Å². The van der Waals surface area contributed by atoms with E-state index in [-0.39, 0.29) is 22.4 Å². The number of ketones is 1. The van der Waals surface area contributed by atoms with Crippen LogP contribution in [0.5, 0.6) is 5.75 Å². The van der Waals surface area contributed by atoms with E-state index in [1.54, 1.807) is 24.3 Å². The van der Waals surface area contributed by atoms with Gasteiger partial charge in [0.15, 0.2) is 12.4 Å². The van der Waals surface area contributed by atoms with Gasteiger partial charge in [-0.05, 0) is 31.2 Å². The molecule has 1 N–H and O–H groups in total. The normalized spacial score (nSPS) is 10.3. The Kier molecular flexibility index (Phi) is 5.88. The summed E-state index contributed by atoms with van der Waals surface area (Å²) in [7, 11) is 0. The lowest BCUT2D eigenvalue weighted by Crippen LogP contribution is -2.21. The Morgan fingerprint density at radius 2 is 1.70 bits per heavy atom. The van der Waals surface area contributed by atoms with Crippen LogP contribution in [0.25, 0.3) is 0 Å². The van der Waals surface area contributed by atoms with Crippen molar-refractivity contribution in [3.05, 3.63) is 57.0 Å². The summed E-state index contributed by atoms with van der Waals surface area (Å²) in [6, 6.07) is 9.58. The standard InChI is InChI=1S/C16H12Cl3NO3/c1-9(21)10-4-2-3-5-15(10)23-8-16(22)20-14-7-12(18)11(17)6-13(14)19/h2-7H,8H2,1H3,(H,20,22). The Hall–Kier alpha value is -1.75. The van der Waals surface area contributed by atoms with Crippen LogP contribution in [0, 0.1) is 0 Å². The van der Waals surface area contributed by atoms with Crippen molar-refractivity contribution in [3.63, 3.8) is 0 Å². The first-order valence-corrected chi connectivity index (χ1v) is 7.69. The lowest BCUT2D eigenvalue weighted by atomic mass is 10.1. The van der Waals surface area contributed by atoms with Gasteiger partial charge in [0.1, 0.15) is 5.75 Å². The van der Waals surface area contributed by atoms with Crippen molar-refractivity contribution >= 4 is 52.2 Å². The maximum absolute atomic E-state index is 12.0. The molecule has 0 bridgehead atoms. The van der Waals surface area contributed by atoms with Gasteiger partial charge in [-0.3, -0.25) is 9.59 Å². The summed E-state index contributed by atoms with van der Waals surface area (Å²) in [5.41, 5.74) is 0.738. The number of rotatable bonds is 5. The number of hydrogen-bond acceptors (Lipinski definition) is 3. The third-order valence-corrected chi connectivity index (χ3v) is 3.94. The highest BCUT2D eigenvalue weighted by atomic mass is 35.5. The van der Waals surface area contributed by atoms with Gasteiger partial charge in [0.25, 0.3) is 5.91 Å². The molecular weight excluding hydrogens is 361 g/mol. The Balaban J connectivity index is 2.04. The molecule has 2 rings (SSSR count). The van der Waals surface area contributed by atoms with Gasteiger partial charge in [-0.2, -0.15) is 0 Å². The summed E-state index contributed by atoms with van der Waals surface area (Å²) in [5.74, 6) is -0.243. The molecule has 7 heteroatoms. The SMILES string of the molecule is CC(=O)c1ccccc1OCC(=O)Nc1cc(Cl)c(Cl)cc1Cl. The fraction of sp³-hybridized carbons (Fsp3) is 0.125. The maximum atomic E-state index is 12.0. The minimum Gasteiger partial charge on any atom is -0.483 e. The number of nitrogens with one attached hydrogen (secondary N) is 1. The maximum Gasteiger partial charge on any atom is 0.262 e. The molecule has 0 heterocycles. The van der Waals surface area contributed by atoms with Crippen molar-refractivity contribution in [1.29, 1.82) is 0 Å². The van der Waals surface area contributed by atoms with Crippen LogP contribution in [0.2, 0.25) is 15.1 Å². The van der Waals surface area contributed by atoms with Crippen molar-refractivity contribution in [2.45, 2.75) is 6.92 Å². The van der Waals surface area contributed by atoms with E-state index in [1.165, 1.54) is 19.1 Å². The number of benzene rings is 2. The smallest absolute Gasteiger partial charge is 0.262 e. The number of ether oxygens (including phenoxy) is 1. The first-order chi connectivity index (χ1) is 10.9. The minimum absolute atomic E-state index is 0.145. The molecule has 0 saturated carbocycles. The predicted octanol–water partition coefficient (Wildman–Crippen LogP) is 4.87. The fourth-order valence-electron chi connectivity index (χ4n) is 1.83. The van der Waals surface area contributed by atoms with Crippen LogP contribution in [-0.4, -0.2) is 18.3 Å². The van der Waals surface area contributed by atoms with Gasteiger partial charge in [-0.1, -0.05) is 46.9 Å². The van der Waals surface area contributed by atoms with Crippen molar-refractivity contribution in [1.82, 2.24) is 0 Å². The average molecular weight is 373 g/mol. The number of carbonyl (C=O) groups is 2. The highest BCUT2D eigenvalue weighted by Gasteiger charge is 2.12. The number of anilines is 1. The second-order valence-electron chi connectivity index (χ2n) is 4.64. The first-order valence-electron chi connectivity index (χ1n) is 6.55. The van der Waals surface area contributed by atoms with Crippen LogP contribution >= 0.6 is 34.8 Å². The molecule has 23 heavy (non-hydrogen) atoms. The van der Waals surface area contributed by atoms with E-state index in [9.17, 15) is 9.59 Å². The lowest BCUT2D eigenvalue weighted by molar-refractivity contribution is -0.118. The van der Waals surface area contributed by atoms with Crippen molar-refractivity contribution in [2.75, 3.05) is 11.9 Å². The minimum atomic E-state index is -0.441. The Labute approximate surface area is 148 Å². The van der Waals surface area contributed by atoms with E-state index in [2.05, 4.69) is 5.32 Å². The molecule has 0 aliphatic rings. The predicted molar refractivity (Wildman–Crippen MR) is 92.0 cm³/mol. The summed E-state index contributed by atoms with van der Waals surface area (Å²) in [4.78, 5) is 23.5. The molecule has 0 aliphatic heterocycles. The van der Waals surface area contributed by atoms with Crippen LogP contribution in [0.15, 0.2) is 36.4 Å². The van der Waals surface area contributed by atoms with Crippen LogP contribution < -0.4 is 10.1 Å². The molecule has 1 amide bonds. The Morgan fingerprint density at radius 3 is 2.39 bits per heavy atom. The van der Waals surface area contributed by atoms with Crippen molar-refractivity contribution in [2.24, 2.45) is 0 Å². The molecule has 0 aliphatic carbocycles. The summed E-state index contributed by atoms with van der Waals surface area (Å²) < 4.78 is 5.39. The number of halogens is 3. The van der Waals surface area contributed by atoms with Gasteiger partial charge in [-0.15, -0.1) is 0 Å². The summed E-state index contributed by atoms with van der Waals surface area (Å²) in [6.45, 7) is 1.15. The van der Waals surface area contributed by atoms with Gasteiger partial charge < -0.3 is 10.1 Å². The van der Waals surface area contributed by atoms with Crippen LogP contribution in [0.3, 0.4) is 0 Å². The van der Waals surface area contributed by atoms with E-state index in [0.717, 1.165) is 0 Å². The van der Waals surface area contributed by atoms with E-state index in [1.807, 2.05) is 0 Å². The summed E-state index contributed by atoms with van der Waals surface area (Å²) in [5, 5.41) is 3.40. The lowest BCUT2D eigenvalue weighted by Gasteiger charge is -2.11. The van der Waals surface area contributed by atoms with Gasteiger partial charge in [-0.25, -0.2) is 0 Å². The Morgan fingerprint density at radius 1 is 1.04 bits per heavy atom. The van der Waals surface area contributed by atoms with Crippen LogP contribution in [-0.2, 0) is 4.79 Å². The molecule has 0 aromatic heterocycles. The second-order valence-corrected chi connectivity index (χ2v) is 5.86. The molecule has 2 aromatic carbocycles. The number of para-hydroxylation sites is 1. The largest absolute Gasteiger partial charge is 0.483 e. The van der Waals surface area contributed by atoms with E-state index in [0.29, 0.717) is 22.0 Å². The summed E-state index contributed by atoms with van der Waals surface area (Å²) in [6.07, 6.45) is 0. The number of amides is 1. The number of carbonyl (C=O) groups excluding carboxylic acids is 2. The molecule has 0 saturated heterocycles. The van der Waals surface area contributed by atoms with E-state index >= 15 is 0 Å². The molecule has 4 nitrogen and oxygen atoms in total. The van der Waals surface area contributed by atoms with Gasteiger partial charge in [0.2, 0.25) is 0 Å². The third kappa shape index (κ3) is 4.61. The van der Waals surface area contributed by atoms with Gasteiger partial charge in [0.05, 0.1) is 26.3 Å². The van der Waals surface area contributed by atoms with E-state index < -0.39 is 5.91 Å². The average Bonchev–Trinajstić information content (AvgIpc) is 2.50. The zero-order valence-electron chi connectivity index (χ0n) is 12.0. The Bertz CT molecular complexity index is 762. The second kappa shape index (κ2) is 7.68. The zero-order chi connectivity index (χ0) is 17.0. The number of hydrogen-bond donors (Lipinski definition) is 1. The monoisotopic (exact) mass is 371 g/mol. The molecule has 0 unspecified atom stereocenters. The highest BCUT2D eigenvalue weighted by molar-refractivity contribution is 6.44. The van der Waals surface area contributed by atoms with Crippen LogP contribution in [0.1, 0.15) is 17.3 Å². The fourth-order valence-corrected chi connectivity index (χ4v) is 2.43. The van der Waals surface area contributed by atoms with Gasteiger partial charge in [0, 0.05) is 0 Å². The van der Waals surface area contributed by atoms with E-state index in [4.69, 9.17) is 39.5 Å². The molecule has 0 fully saturated rings. The molecular formula is C16H12Cl3NO3. The highest BCUT2D eigenvalue weighted by Crippen LogP contribution is 2.32. The molecule has 0 atom stereocenters. The van der Waals surface area contributed by atoms with Gasteiger partial charge >= 0.3 is 0 Å². The topological polar surface area (TPSA) is 55.4 Å². The third-order valence-electron chi connectivity index (χ3n) is 2.91. The molecule has 120 valence electrons. The van der Waals surface area contributed by atoms with Crippen molar-refractivity contribution < 1.29 is 14.3 Å². The molecule has 0 spiro atoms. The van der Waals surface area contributed by atoms with Crippen molar-refractivity contribution in [3.8, 4) is 5.75 Å². The first kappa shape index (κ1) is 17.6. The number of Topliss-reactive ketones (excluding diaryl/α,β-unsaturated/α-hetero) is 1. The zero-order valence-corrected chi connectivity index (χ0v) is 14.3. The summed E-state index contributed by atoms with van der Waals surface area (Å²) >= 11 is 17.7. The quantitative estimate of drug-likeness (QED) is 0.602.